The van der Waals surface area contributed by atoms with E-state index in [0.717, 1.165) is 25.5 Å². The molecule has 0 fully saturated rings. The van der Waals surface area contributed by atoms with E-state index in [2.05, 4.69) is 21.8 Å². The largest absolute Gasteiger partial charge is 0.330 e. The maximum atomic E-state index is 4.25. The van der Waals surface area contributed by atoms with Gasteiger partial charge in [-0.15, -0.1) is 0 Å². The van der Waals surface area contributed by atoms with E-state index in [1.165, 1.54) is 5.69 Å². The maximum absolute atomic E-state index is 4.25. The lowest BCUT2D eigenvalue weighted by molar-refractivity contribution is 0.490. The van der Waals surface area contributed by atoms with Crippen molar-refractivity contribution in [2.24, 2.45) is 0 Å². The van der Waals surface area contributed by atoms with Gasteiger partial charge in [0.15, 0.2) is 0 Å². The molecule has 0 amide bonds. The van der Waals surface area contributed by atoms with Crippen molar-refractivity contribution in [1.29, 1.82) is 0 Å². The maximum Gasteiger partial charge on any atom is 0.124 e. The molecular formula is C7H10N3. The van der Waals surface area contributed by atoms with Gasteiger partial charge in [0, 0.05) is 25.0 Å². The van der Waals surface area contributed by atoms with Crippen LogP contribution < -0.4 is 5.32 Å². The van der Waals surface area contributed by atoms with Crippen LogP contribution in [0.2, 0.25) is 0 Å². The fourth-order valence-corrected chi connectivity index (χ4v) is 1.29. The van der Waals surface area contributed by atoms with Crippen LogP contribution in [-0.2, 0) is 13.1 Å². The number of aromatic nitrogens is 2. The molecule has 0 bridgehead atoms. The van der Waals surface area contributed by atoms with Gasteiger partial charge in [0.1, 0.15) is 5.82 Å². The lowest BCUT2D eigenvalue weighted by Crippen LogP contribution is -2.23. The van der Waals surface area contributed by atoms with Crippen molar-refractivity contribution in [3.05, 3.63) is 17.7 Å². The van der Waals surface area contributed by atoms with Gasteiger partial charge in [0.25, 0.3) is 0 Å². The van der Waals surface area contributed by atoms with E-state index in [0.29, 0.717) is 0 Å². The summed E-state index contributed by atoms with van der Waals surface area (Å²) in [5.41, 5.74) is 1.25. The van der Waals surface area contributed by atoms with E-state index in [1.807, 2.05) is 6.20 Å². The van der Waals surface area contributed by atoms with Gasteiger partial charge in [-0.1, -0.05) is 0 Å². The van der Waals surface area contributed by atoms with Gasteiger partial charge >= 0.3 is 0 Å². The number of hydrogen-bond donors (Lipinski definition) is 0. The van der Waals surface area contributed by atoms with Crippen LogP contribution in [0.4, 0.5) is 0 Å². The Morgan fingerprint density at radius 1 is 1.60 bits per heavy atom. The van der Waals surface area contributed by atoms with Gasteiger partial charge in [-0.2, -0.15) is 0 Å². The average Bonchev–Trinajstić information content (AvgIpc) is 2.34. The van der Waals surface area contributed by atoms with Gasteiger partial charge < -0.3 is 4.57 Å². The number of nitrogens with zero attached hydrogens (tertiary/aromatic N) is 3. The van der Waals surface area contributed by atoms with Crippen LogP contribution in [-0.4, -0.2) is 16.1 Å². The van der Waals surface area contributed by atoms with Crippen LogP contribution in [0.25, 0.3) is 0 Å². The van der Waals surface area contributed by atoms with Gasteiger partial charge in [0.2, 0.25) is 0 Å². The number of rotatable bonds is 0. The summed E-state index contributed by atoms with van der Waals surface area (Å²) in [4.78, 5) is 4.23. The quantitative estimate of drug-likeness (QED) is 0.505. The first-order valence-electron chi connectivity index (χ1n) is 3.52. The fraction of sp³-hybridized carbons (Fsp3) is 0.571. The second-order valence-corrected chi connectivity index (χ2v) is 2.57. The first-order valence-corrected chi connectivity index (χ1v) is 3.52. The molecule has 0 N–H and O–H groups in total. The minimum Gasteiger partial charge on any atom is -0.330 e. The Morgan fingerprint density at radius 3 is 3.30 bits per heavy atom. The van der Waals surface area contributed by atoms with Crippen LogP contribution in [0.15, 0.2) is 6.20 Å². The standard InChI is InChI=1S/C7H10N3/c1-6-4-9-7-5-8-2-3-10(6)7/h4H,2-3,5H2,1H3. The van der Waals surface area contributed by atoms with Crippen LogP contribution >= 0.6 is 0 Å². The van der Waals surface area contributed by atoms with Crippen molar-refractivity contribution in [2.45, 2.75) is 20.0 Å². The molecular weight excluding hydrogens is 126 g/mol. The molecule has 10 heavy (non-hydrogen) atoms. The monoisotopic (exact) mass is 136 g/mol. The third kappa shape index (κ3) is 0.743. The van der Waals surface area contributed by atoms with E-state index in [9.17, 15) is 0 Å². The van der Waals surface area contributed by atoms with Crippen molar-refractivity contribution in [1.82, 2.24) is 14.9 Å². The molecule has 0 saturated heterocycles. The Bertz CT molecular complexity index is 239. The Kier molecular flexibility index (Phi) is 1.24. The zero-order valence-electron chi connectivity index (χ0n) is 6.04. The molecule has 1 radical (unpaired) electrons. The molecule has 0 unspecified atom stereocenters. The third-order valence-electron chi connectivity index (χ3n) is 1.87. The minimum absolute atomic E-state index is 0.799. The zero-order chi connectivity index (χ0) is 6.97. The van der Waals surface area contributed by atoms with E-state index >= 15 is 0 Å². The molecule has 1 aromatic heterocycles. The molecule has 53 valence electrons. The Labute approximate surface area is 60.1 Å². The summed E-state index contributed by atoms with van der Waals surface area (Å²) in [5.74, 6) is 1.11. The van der Waals surface area contributed by atoms with Crippen molar-refractivity contribution >= 4 is 0 Å². The second-order valence-electron chi connectivity index (χ2n) is 2.57. The fourth-order valence-electron chi connectivity index (χ4n) is 1.29. The predicted octanol–water partition coefficient (Wildman–Crippen LogP) is 0.310. The smallest absolute Gasteiger partial charge is 0.124 e. The van der Waals surface area contributed by atoms with Crippen molar-refractivity contribution in [3.63, 3.8) is 0 Å². The summed E-state index contributed by atoms with van der Waals surface area (Å²) in [6.07, 6.45) is 1.91. The molecule has 1 aliphatic heterocycles. The number of fused-ring (bicyclic) bond motifs is 1. The highest BCUT2D eigenvalue weighted by molar-refractivity contribution is 5.04. The normalized spacial score (nSPS) is 16.9. The lowest BCUT2D eigenvalue weighted by Gasteiger charge is -2.14. The summed E-state index contributed by atoms with van der Waals surface area (Å²) in [6.45, 7) is 4.85. The summed E-state index contributed by atoms with van der Waals surface area (Å²) in [7, 11) is 0. The summed E-state index contributed by atoms with van der Waals surface area (Å²) < 4.78 is 2.23. The van der Waals surface area contributed by atoms with E-state index < -0.39 is 0 Å². The van der Waals surface area contributed by atoms with Crippen molar-refractivity contribution in [2.75, 3.05) is 6.54 Å². The molecule has 2 rings (SSSR count). The molecule has 1 aromatic rings. The predicted molar refractivity (Wildman–Crippen MR) is 37.7 cm³/mol. The number of aryl methyl sites for hydroxylation is 1. The molecule has 0 saturated carbocycles. The number of hydrogen-bond acceptors (Lipinski definition) is 1. The lowest BCUT2D eigenvalue weighted by atomic mass is 10.4. The molecule has 0 spiro atoms. The molecule has 1 aliphatic rings. The van der Waals surface area contributed by atoms with Crippen LogP contribution in [0, 0.1) is 6.92 Å². The Morgan fingerprint density at radius 2 is 2.50 bits per heavy atom. The van der Waals surface area contributed by atoms with E-state index in [4.69, 9.17) is 0 Å². The molecule has 0 atom stereocenters. The summed E-state index contributed by atoms with van der Waals surface area (Å²) in [6, 6.07) is 0. The molecule has 0 aromatic carbocycles. The van der Waals surface area contributed by atoms with Gasteiger partial charge in [-0.05, 0) is 6.92 Å². The topological polar surface area (TPSA) is 31.9 Å². The average molecular weight is 136 g/mol. The van der Waals surface area contributed by atoms with Gasteiger partial charge in [0.05, 0.1) is 6.54 Å². The second kappa shape index (κ2) is 2.09. The Balaban J connectivity index is 2.45. The van der Waals surface area contributed by atoms with E-state index in [-0.39, 0.29) is 0 Å². The first kappa shape index (κ1) is 5.92. The van der Waals surface area contributed by atoms with Crippen LogP contribution in [0.1, 0.15) is 11.5 Å². The number of imidazole rings is 1. The highest BCUT2D eigenvalue weighted by atomic mass is 15.1. The molecule has 3 heteroatoms. The minimum atomic E-state index is 0.799. The molecule has 3 nitrogen and oxygen atoms in total. The summed E-state index contributed by atoms with van der Waals surface area (Å²) >= 11 is 0. The highest BCUT2D eigenvalue weighted by Gasteiger charge is 2.10. The van der Waals surface area contributed by atoms with Crippen LogP contribution in [0.3, 0.4) is 0 Å². The first-order chi connectivity index (χ1) is 4.88. The van der Waals surface area contributed by atoms with Crippen molar-refractivity contribution in [3.8, 4) is 0 Å². The summed E-state index contributed by atoms with van der Waals surface area (Å²) in [5, 5.41) is 4.25. The van der Waals surface area contributed by atoms with Gasteiger partial charge in [-0.3, -0.25) is 0 Å². The van der Waals surface area contributed by atoms with Crippen LogP contribution in [0.5, 0.6) is 0 Å². The molecule has 2 heterocycles. The van der Waals surface area contributed by atoms with Crippen molar-refractivity contribution < 1.29 is 0 Å². The highest BCUT2D eigenvalue weighted by Crippen LogP contribution is 2.07. The third-order valence-corrected chi connectivity index (χ3v) is 1.87. The Hall–Kier alpha value is -0.830. The van der Waals surface area contributed by atoms with Gasteiger partial charge in [-0.25, -0.2) is 10.3 Å². The van der Waals surface area contributed by atoms with E-state index in [1.54, 1.807) is 0 Å². The zero-order valence-corrected chi connectivity index (χ0v) is 6.04. The molecule has 0 aliphatic carbocycles. The SMILES string of the molecule is Cc1cnc2n1CC[N]C2.